The first-order valence-electron chi connectivity index (χ1n) is 7.02. The van der Waals surface area contributed by atoms with Crippen molar-refractivity contribution in [1.82, 2.24) is 5.43 Å². The van der Waals surface area contributed by atoms with E-state index in [1.165, 1.54) is 30.5 Å². The summed E-state index contributed by atoms with van der Waals surface area (Å²) in [5.74, 6) is 0.456. The van der Waals surface area contributed by atoms with Crippen LogP contribution in [0.3, 0.4) is 0 Å². The fourth-order valence-corrected chi connectivity index (χ4v) is 2.20. The van der Waals surface area contributed by atoms with E-state index in [1.54, 1.807) is 12.1 Å². The van der Waals surface area contributed by atoms with Gasteiger partial charge in [0.1, 0.15) is 5.82 Å². The molecule has 0 unspecified atom stereocenters. The van der Waals surface area contributed by atoms with Gasteiger partial charge in [0.25, 0.3) is 5.91 Å². The topological polar surface area (TPSA) is 72.0 Å². The standard InChI is InChI=1S/C16H13ClFN3O3/c17-13-6-15-14(23-9-24-15)5-10(13)7-20-21-16(22)8-19-12-3-1-11(18)2-4-12/h1-7,19H,8-9H2,(H,21,22). The molecular weight excluding hydrogens is 337 g/mol. The average molecular weight is 350 g/mol. The Morgan fingerprint density at radius 1 is 1.25 bits per heavy atom. The normalized spacial score (nSPS) is 12.4. The molecule has 0 fully saturated rings. The zero-order valence-electron chi connectivity index (χ0n) is 12.4. The smallest absolute Gasteiger partial charge is 0.259 e. The van der Waals surface area contributed by atoms with E-state index in [2.05, 4.69) is 15.8 Å². The van der Waals surface area contributed by atoms with E-state index in [0.717, 1.165) is 0 Å². The Bertz CT molecular complexity index is 781. The van der Waals surface area contributed by atoms with Crippen molar-refractivity contribution in [2.75, 3.05) is 18.7 Å². The Balaban J connectivity index is 1.52. The van der Waals surface area contributed by atoms with Crippen molar-refractivity contribution in [3.05, 3.63) is 52.8 Å². The van der Waals surface area contributed by atoms with E-state index in [0.29, 0.717) is 27.8 Å². The second kappa shape index (κ2) is 7.18. The summed E-state index contributed by atoms with van der Waals surface area (Å²) in [5.41, 5.74) is 3.60. The van der Waals surface area contributed by atoms with Gasteiger partial charge in [0.2, 0.25) is 6.79 Å². The molecular formula is C16H13ClFN3O3. The molecule has 0 radical (unpaired) electrons. The number of nitrogens with one attached hydrogen (secondary N) is 2. The molecule has 0 saturated carbocycles. The van der Waals surface area contributed by atoms with Crippen molar-refractivity contribution in [1.29, 1.82) is 0 Å². The van der Waals surface area contributed by atoms with Crippen molar-refractivity contribution in [2.24, 2.45) is 5.10 Å². The summed E-state index contributed by atoms with van der Waals surface area (Å²) in [6.07, 6.45) is 1.42. The summed E-state index contributed by atoms with van der Waals surface area (Å²) in [6, 6.07) is 9.00. The van der Waals surface area contributed by atoms with Gasteiger partial charge in [-0.1, -0.05) is 11.6 Å². The highest BCUT2D eigenvalue weighted by atomic mass is 35.5. The number of rotatable bonds is 5. The maximum absolute atomic E-state index is 12.8. The van der Waals surface area contributed by atoms with Crippen LogP contribution in [0.5, 0.6) is 11.5 Å². The van der Waals surface area contributed by atoms with Gasteiger partial charge in [0.05, 0.1) is 17.8 Å². The first-order valence-corrected chi connectivity index (χ1v) is 7.40. The maximum Gasteiger partial charge on any atom is 0.259 e. The Hall–Kier alpha value is -2.80. The number of carbonyl (C=O) groups excluding carboxylic acids is 1. The van der Waals surface area contributed by atoms with E-state index in [9.17, 15) is 9.18 Å². The number of fused-ring (bicyclic) bond motifs is 1. The van der Waals surface area contributed by atoms with Crippen molar-refractivity contribution in [2.45, 2.75) is 0 Å². The highest BCUT2D eigenvalue weighted by Gasteiger charge is 2.15. The number of halogens is 2. The zero-order chi connectivity index (χ0) is 16.9. The van der Waals surface area contributed by atoms with Gasteiger partial charge in [0, 0.05) is 17.3 Å². The minimum Gasteiger partial charge on any atom is -0.454 e. The molecule has 2 aromatic rings. The van der Waals surface area contributed by atoms with Crippen LogP contribution in [0.15, 0.2) is 41.5 Å². The van der Waals surface area contributed by atoms with Crippen LogP contribution in [-0.2, 0) is 4.79 Å². The number of carbonyl (C=O) groups is 1. The van der Waals surface area contributed by atoms with Crippen LogP contribution in [0.2, 0.25) is 5.02 Å². The Labute approximate surface area is 142 Å². The summed E-state index contributed by atoms with van der Waals surface area (Å²) in [5, 5.41) is 7.13. The van der Waals surface area contributed by atoms with Gasteiger partial charge in [0.15, 0.2) is 11.5 Å². The number of ether oxygens (including phenoxy) is 2. The molecule has 2 aromatic carbocycles. The summed E-state index contributed by atoms with van der Waals surface area (Å²) in [6.45, 7) is 0.149. The lowest BCUT2D eigenvalue weighted by molar-refractivity contribution is -0.119. The van der Waals surface area contributed by atoms with Crippen LogP contribution in [0, 0.1) is 5.82 Å². The number of anilines is 1. The fourth-order valence-electron chi connectivity index (χ4n) is 2.00. The molecule has 1 amide bonds. The quantitative estimate of drug-likeness (QED) is 0.643. The highest BCUT2D eigenvalue weighted by Crippen LogP contribution is 2.36. The molecule has 2 N–H and O–H groups in total. The molecule has 0 saturated heterocycles. The fraction of sp³-hybridized carbons (Fsp3) is 0.125. The lowest BCUT2D eigenvalue weighted by Crippen LogP contribution is -2.25. The monoisotopic (exact) mass is 349 g/mol. The molecule has 1 heterocycles. The van der Waals surface area contributed by atoms with E-state index < -0.39 is 0 Å². The predicted octanol–water partition coefficient (Wildman–Crippen LogP) is 2.77. The van der Waals surface area contributed by atoms with Gasteiger partial charge < -0.3 is 14.8 Å². The molecule has 8 heteroatoms. The average Bonchev–Trinajstić information content (AvgIpc) is 3.01. The van der Waals surface area contributed by atoms with E-state index in [1.807, 2.05) is 0 Å². The Morgan fingerprint density at radius 3 is 2.71 bits per heavy atom. The molecule has 124 valence electrons. The molecule has 0 atom stereocenters. The summed E-state index contributed by atoms with van der Waals surface area (Å²) < 4.78 is 23.2. The third kappa shape index (κ3) is 3.94. The van der Waals surface area contributed by atoms with Crippen LogP contribution in [-0.4, -0.2) is 25.5 Å². The SMILES string of the molecule is O=C(CNc1ccc(F)cc1)NN=Cc1cc2c(cc1Cl)OCO2. The van der Waals surface area contributed by atoms with E-state index >= 15 is 0 Å². The highest BCUT2D eigenvalue weighted by molar-refractivity contribution is 6.33. The first-order chi connectivity index (χ1) is 11.6. The minimum atomic E-state index is -0.354. The van der Waals surface area contributed by atoms with Gasteiger partial charge in [-0.15, -0.1) is 0 Å². The minimum absolute atomic E-state index is 0.00214. The number of hydrogen-bond acceptors (Lipinski definition) is 5. The van der Waals surface area contributed by atoms with Crippen molar-refractivity contribution >= 4 is 29.4 Å². The molecule has 0 spiro atoms. The summed E-state index contributed by atoms with van der Waals surface area (Å²) in [7, 11) is 0. The lowest BCUT2D eigenvalue weighted by Gasteiger charge is -2.05. The van der Waals surface area contributed by atoms with Gasteiger partial charge in [-0.2, -0.15) is 5.10 Å². The third-order valence-corrected chi connectivity index (χ3v) is 3.51. The number of amides is 1. The number of benzene rings is 2. The molecule has 6 nitrogen and oxygen atoms in total. The number of hydrazone groups is 1. The predicted molar refractivity (Wildman–Crippen MR) is 88.2 cm³/mol. The Kier molecular flexibility index (Phi) is 4.81. The molecule has 0 aromatic heterocycles. The first kappa shape index (κ1) is 16.1. The number of hydrogen-bond donors (Lipinski definition) is 2. The molecule has 0 aliphatic carbocycles. The molecule has 24 heavy (non-hydrogen) atoms. The van der Waals surface area contributed by atoms with Gasteiger partial charge >= 0.3 is 0 Å². The summed E-state index contributed by atoms with van der Waals surface area (Å²) in [4.78, 5) is 11.7. The van der Waals surface area contributed by atoms with Crippen molar-refractivity contribution < 1.29 is 18.7 Å². The summed E-state index contributed by atoms with van der Waals surface area (Å²) >= 11 is 6.09. The van der Waals surface area contributed by atoms with E-state index in [-0.39, 0.29) is 25.1 Å². The van der Waals surface area contributed by atoms with Gasteiger partial charge in [-0.05, 0) is 30.3 Å². The second-order valence-electron chi connectivity index (χ2n) is 4.88. The van der Waals surface area contributed by atoms with Crippen molar-refractivity contribution in [3.63, 3.8) is 0 Å². The van der Waals surface area contributed by atoms with Crippen LogP contribution in [0.25, 0.3) is 0 Å². The zero-order valence-corrected chi connectivity index (χ0v) is 13.1. The number of nitrogens with zero attached hydrogens (tertiary/aromatic N) is 1. The second-order valence-corrected chi connectivity index (χ2v) is 5.29. The van der Waals surface area contributed by atoms with Crippen LogP contribution in [0.4, 0.5) is 10.1 Å². The lowest BCUT2D eigenvalue weighted by atomic mass is 10.2. The Morgan fingerprint density at radius 2 is 1.96 bits per heavy atom. The third-order valence-electron chi connectivity index (χ3n) is 3.18. The van der Waals surface area contributed by atoms with Gasteiger partial charge in [-0.25, -0.2) is 9.82 Å². The van der Waals surface area contributed by atoms with Crippen molar-refractivity contribution in [3.8, 4) is 11.5 Å². The van der Waals surface area contributed by atoms with Crippen LogP contribution in [0.1, 0.15) is 5.56 Å². The van der Waals surface area contributed by atoms with E-state index in [4.69, 9.17) is 21.1 Å². The molecule has 0 bridgehead atoms. The maximum atomic E-state index is 12.8. The van der Waals surface area contributed by atoms with Crippen LogP contribution >= 0.6 is 11.6 Å². The van der Waals surface area contributed by atoms with Gasteiger partial charge in [-0.3, -0.25) is 4.79 Å². The molecule has 1 aliphatic heterocycles. The molecule has 3 rings (SSSR count). The molecule has 1 aliphatic rings. The van der Waals surface area contributed by atoms with Crippen LogP contribution < -0.4 is 20.2 Å². The largest absolute Gasteiger partial charge is 0.454 e.